The fourth-order valence-electron chi connectivity index (χ4n) is 1.80. The summed E-state index contributed by atoms with van der Waals surface area (Å²) in [6.07, 6.45) is 4.85. The number of hydrogen-bond donors (Lipinski definition) is 1. The van der Waals surface area contributed by atoms with Crippen LogP contribution in [-0.2, 0) is 14.3 Å². The summed E-state index contributed by atoms with van der Waals surface area (Å²) in [7, 11) is 1.35. The predicted molar refractivity (Wildman–Crippen MR) is 78.5 cm³/mol. The maximum absolute atomic E-state index is 11.7. The van der Waals surface area contributed by atoms with Gasteiger partial charge in [0.2, 0.25) is 0 Å². The fraction of sp³-hybridized carbons (Fsp3) is 0.867. The number of esters is 1. The summed E-state index contributed by atoms with van der Waals surface area (Å²) in [5.74, 6) is -0.318. The highest BCUT2D eigenvalue weighted by Crippen LogP contribution is 2.11. The lowest BCUT2D eigenvalue weighted by atomic mass is 10.0. The molecular weight excluding hydrogens is 258 g/mol. The van der Waals surface area contributed by atoms with Gasteiger partial charge in [-0.1, -0.05) is 32.6 Å². The van der Waals surface area contributed by atoms with Crippen LogP contribution in [0.25, 0.3) is 0 Å². The monoisotopic (exact) mass is 287 g/mol. The normalized spacial score (nSPS) is 12.7. The lowest BCUT2D eigenvalue weighted by molar-refractivity contribution is -0.141. The summed E-state index contributed by atoms with van der Waals surface area (Å²) in [6, 6.07) is -0.228. The average Bonchev–Trinajstić information content (AvgIpc) is 2.31. The summed E-state index contributed by atoms with van der Waals surface area (Å²) >= 11 is 0. The molecule has 0 aliphatic rings. The Hall–Kier alpha value is -1.26. The quantitative estimate of drug-likeness (QED) is 0.549. The van der Waals surface area contributed by atoms with Crippen molar-refractivity contribution in [2.45, 2.75) is 77.9 Å². The number of hydrogen-bond acceptors (Lipinski definition) is 4. The maximum atomic E-state index is 11.7. The molecule has 0 heterocycles. The first-order chi connectivity index (χ1) is 9.28. The van der Waals surface area contributed by atoms with E-state index in [1.165, 1.54) is 7.11 Å². The number of ether oxygens (including phenoxy) is 2. The van der Waals surface area contributed by atoms with Gasteiger partial charge in [0.05, 0.1) is 13.5 Å². The van der Waals surface area contributed by atoms with E-state index < -0.39 is 11.7 Å². The predicted octanol–water partition coefficient (Wildman–Crippen LogP) is 3.41. The molecule has 0 aromatic heterocycles. The molecule has 0 radical (unpaired) electrons. The van der Waals surface area contributed by atoms with Gasteiger partial charge in [-0.15, -0.1) is 0 Å². The maximum Gasteiger partial charge on any atom is 0.407 e. The van der Waals surface area contributed by atoms with Crippen LogP contribution >= 0.6 is 0 Å². The van der Waals surface area contributed by atoms with Crippen molar-refractivity contribution in [1.82, 2.24) is 5.32 Å². The van der Waals surface area contributed by atoms with Crippen molar-refractivity contribution >= 4 is 12.1 Å². The summed E-state index contributed by atoms with van der Waals surface area (Å²) < 4.78 is 9.87. The van der Waals surface area contributed by atoms with Crippen LogP contribution in [0.3, 0.4) is 0 Å². The van der Waals surface area contributed by atoms with Crippen molar-refractivity contribution in [3.8, 4) is 0 Å². The zero-order chi connectivity index (χ0) is 15.6. The standard InChI is InChI=1S/C15H29NO4/c1-6-7-8-9-10-12(11-13(17)19-5)16-14(18)20-15(2,3)4/h12H,6-11H2,1-5H3,(H,16,18)/t12-/m0/s1. The molecule has 0 rings (SSSR count). The van der Waals surface area contributed by atoms with E-state index in [2.05, 4.69) is 17.0 Å². The molecule has 1 N–H and O–H groups in total. The highest BCUT2D eigenvalue weighted by atomic mass is 16.6. The van der Waals surface area contributed by atoms with E-state index in [0.29, 0.717) is 0 Å². The zero-order valence-electron chi connectivity index (χ0n) is 13.5. The van der Waals surface area contributed by atoms with E-state index in [1.807, 2.05) is 20.8 Å². The summed E-state index contributed by atoms with van der Waals surface area (Å²) in [5, 5.41) is 2.75. The fourth-order valence-corrected chi connectivity index (χ4v) is 1.80. The van der Waals surface area contributed by atoms with Crippen molar-refractivity contribution in [1.29, 1.82) is 0 Å². The van der Waals surface area contributed by atoms with Gasteiger partial charge in [-0.25, -0.2) is 4.79 Å². The molecule has 0 fully saturated rings. The van der Waals surface area contributed by atoms with E-state index in [0.717, 1.165) is 32.1 Å². The molecule has 0 saturated heterocycles. The molecule has 0 aliphatic heterocycles. The average molecular weight is 287 g/mol. The Bertz CT molecular complexity index is 297. The van der Waals surface area contributed by atoms with Crippen LogP contribution in [0, 0.1) is 0 Å². The van der Waals surface area contributed by atoms with Crippen LogP contribution in [0.15, 0.2) is 0 Å². The third-order valence-electron chi connectivity index (χ3n) is 2.77. The lowest BCUT2D eigenvalue weighted by Gasteiger charge is -2.23. The third-order valence-corrected chi connectivity index (χ3v) is 2.77. The number of amides is 1. The molecule has 0 bridgehead atoms. The van der Waals surface area contributed by atoms with Gasteiger partial charge in [-0.3, -0.25) is 4.79 Å². The molecule has 1 amide bonds. The van der Waals surface area contributed by atoms with Crippen LogP contribution in [0.1, 0.15) is 66.2 Å². The SMILES string of the molecule is CCCCCC[C@@H](CC(=O)OC)NC(=O)OC(C)(C)C. The minimum atomic E-state index is -0.540. The van der Waals surface area contributed by atoms with Crippen molar-refractivity contribution in [2.24, 2.45) is 0 Å². The van der Waals surface area contributed by atoms with Gasteiger partial charge in [0.25, 0.3) is 0 Å². The molecular formula is C15H29NO4. The van der Waals surface area contributed by atoms with E-state index >= 15 is 0 Å². The Labute approximate surface area is 122 Å². The number of unbranched alkanes of at least 4 members (excludes halogenated alkanes) is 3. The molecule has 1 atom stereocenters. The number of nitrogens with one attached hydrogen (secondary N) is 1. The second-order valence-corrected chi connectivity index (χ2v) is 5.97. The Morgan fingerprint density at radius 2 is 1.80 bits per heavy atom. The number of methoxy groups -OCH3 is 1. The van der Waals surface area contributed by atoms with Gasteiger partial charge in [-0.05, 0) is 27.2 Å². The van der Waals surface area contributed by atoms with Crippen LogP contribution in [0.2, 0.25) is 0 Å². The third kappa shape index (κ3) is 10.6. The van der Waals surface area contributed by atoms with Crippen LogP contribution in [0.5, 0.6) is 0 Å². The van der Waals surface area contributed by atoms with Crippen molar-refractivity contribution < 1.29 is 19.1 Å². The summed E-state index contributed by atoms with van der Waals surface area (Å²) in [4.78, 5) is 23.1. The summed E-state index contributed by atoms with van der Waals surface area (Å²) in [6.45, 7) is 7.57. The molecule has 0 aromatic carbocycles. The molecule has 0 aromatic rings. The zero-order valence-corrected chi connectivity index (χ0v) is 13.5. The van der Waals surface area contributed by atoms with Crippen LogP contribution in [-0.4, -0.2) is 30.8 Å². The largest absolute Gasteiger partial charge is 0.469 e. The first-order valence-electron chi connectivity index (χ1n) is 7.34. The second-order valence-electron chi connectivity index (χ2n) is 5.97. The number of carbonyl (C=O) groups is 2. The van der Waals surface area contributed by atoms with Gasteiger partial charge in [-0.2, -0.15) is 0 Å². The van der Waals surface area contributed by atoms with Crippen LogP contribution < -0.4 is 5.32 Å². The molecule has 20 heavy (non-hydrogen) atoms. The van der Waals surface area contributed by atoms with Gasteiger partial charge in [0, 0.05) is 6.04 Å². The van der Waals surface area contributed by atoms with E-state index in [4.69, 9.17) is 4.74 Å². The van der Waals surface area contributed by atoms with Gasteiger partial charge in [0.1, 0.15) is 5.60 Å². The Morgan fingerprint density at radius 1 is 1.15 bits per heavy atom. The summed E-state index contributed by atoms with van der Waals surface area (Å²) in [5.41, 5.74) is -0.540. The number of rotatable bonds is 8. The molecule has 118 valence electrons. The molecule has 0 spiro atoms. The highest BCUT2D eigenvalue weighted by molar-refractivity contribution is 5.72. The first kappa shape index (κ1) is 18.7. The number of carbonyl (C=O) groups excluding carboxylic acids is 2. The minimum Gasteiger partial charge on any atom is -0.469 e. The van der Waals surface area contributed by atoms with Crippen molar-refractivity contribution in [2.75, 3.05) is 7.11 Å². The number of alkyl carbamates (subject to hydrolysis) is 1. The molecule has 0 aliphatic carbocycles. The molecule has 5 heteroatoms. The van der Waals surface area contributed by atoms with E-state index in [1.54, 1.807) is 0 Å². The van der Waals surface area contributed by atoms with Crippen molar-refractivity contribution in [3.05, 3.63) is 0 Å². The van der Waals surface area contributed by atoms with E-state index in [9.17, 15) is 9.59 Å². The first-order valence-corrected chi connectivity index (χ1v) is 7.34. The lowest BCUT2D eigenvalue weighted by Crippen LogP contribution is -2.40. The van der Waals surface area contributed by atoms with Crippen molar-refractivity contribution in [3.63, 3.8) is 0 Å². The Kier molecular flexibility index (Phi) is 9.01. The molecule has 0 saturated carbocycles. The minimum absolute atomic E-state index is 0.182. The topological polar surface area (TPSA) is 64.6 Å². The van der Waals surface area contributed by atoms with Gasteiger partial charge < -0.3 is 14.8 Å². The molecule has 5 nitrogen and oxygen atoms in total. The smallest absolute Gasteiger partial charge is 0.407 e. The van der Waals surface area contributed by atoms with Gasteiger partial charge >= 0.3 is 12.1 Å². The molecule has 0 unspecified atom stereocenters. The van der Waals surface area contributed by atoms with E-state index in [-0.39, 0.29) is 18.4 Å². The Balaban J connectivity index is 4.29. The van der Waals surface area contributed by atoms with Gasteiger partial charge in [0.15, 0.2) is 0 Å². The Morgan fingerprint density at radius 3 is 2.30 bits per heavy atom. The highest BCUT2D eigenvalue weighted by Gasteiger charge is 2.21. The second kappa shape index (κ2) is 9.61. The van der Waals surface area contributed by atoms with Crippen LogP contribution in [0.4, 0.5) is 4.79 Å².